The third-order valence-corrected chi connectivity index (χ3v) is 5.15. The van der Waals surface area contributed by atoms with Gasteiger partial charge in [0.2, 0.25) is 0 Å². The second-order valence-electron chi connectivity index (χ2n) is 6.67. The zero-order valence-electron chi connectivity index (χ0n) is 13.2. The third-order valence-electron chi connectivity index (χ3n) is 5.15. The normalized spacial score (nSPS) is 29.7. The van der Waals surface area contributed by atoms with Gasteiger partial charge in [-0.2, -0.15) is 18.3 Å². The molecule has 134 valence electrons. The van der Waals surface area contributed by atoms with Gasteiger partial charge >= 0.3 is 6.18 Å². The zero-order chi connectivity index (χ0) is 17.6. The molecule has 0 unspecified atom stereocenters. The Bertz CT molecular complexity index is 737. The van der Waals surface area contributed by atoms with E-state index in [0.717, 1.165) is 12.4 Å². The number of nitrogens with zero attached hydrogens (tertiary/aromatic N) is 6. The number of aliphatic hydroxyl groups excluding tert-OH is 1. The number of hydrogen-bond acceptors (Lipinski definition) is 6. The van der Waals surface area contributed by atoms with Crippen LogP contribution in [0.1, 0.15) is 24.6 Å². The van der Waals surface area contributed by atoms with Crippen LogP contribution in [-0.2, 0) is 6.18 Å². The fourth-order valence-electron chi connectivity index (χ4n) is 3.94. The molecule has 1 aliphatic heterocycles. The van der Waals surface area contributed by atoms with E-state index in [1.54, 1.807) is 11.0 Å². The van der Waals surface area contributed by atoms with E-state index in [2.05, 4.69) is 20.1 Å². The average Bonchev–Trinajstić information content (AvgIpc) is 3.22. The van der Waals surface area contributed by atoms with Gasteiger partial charge in [0, 0.05) is 19.2 Å². The Balaban J connectivity index is 1.52. The predicted molar refractivity (Wildman–Crippen MR) is 80.5 cm³/mol. The van der Waals surface area contributed by atoms with Crippen molar-refractivity contribution in [1.82, 2.24) is 24.7 Å². The van der Waals surface area contributed by atoms with Gasteiger partial charge in [0.1, 0.15) is 30.5 Å². The molecule has 4 rings (SSSR count). The number of alkyl halides is 3. The first-order chi connectivity index (χ1) is 11.9. The quantitative estimate of drug-likeness (QED) is 0.881. The molecule has 4 atom stereocenters. The molecular formula is C15H17F3N6O. The molecule has 2 aromatic rings. The average molecular weight is 354 g/mol. The Morgan fingerprint density at radius 1 is 1.08 bits per heavy atom. The van der Waals surface area contributed by atoms with Crippen molar-refractivity contribution in [1.29, 1.82) is 0 Å². The largest absolute Gasteiger partial charge is 0.433 e. The second kappa shape index (κ2) is 5.94. The van der Waals surface area contributed by atoms with Gasteiger partial charge < -0.3 is 10.0 Å². The van der Waals surface area contributed by atoms with E-state index in [0.29, 0.717) is 25.9 Å². The summed E-state index contributed by atoms with van der Waals surface area (Å²) in [5.41, 5.74) is -0.937. The lowest BCUT2D eigenvalue weighted by molar-refractivity contribution is -0.141. The monoisotopic (exact) mass is 354 g/mol. The van der Waals surface area contributed by atoms with Crippen LogP contribution >= 0.6 is 0 Å². The van der Waals surface area contributed by atoms with Crippen LogP contribution in [0.5, 0.6) is 0 Å². The molecule has 0 spiro atoms. The maximum Gasteiger partial charge on any atom is 0.433 e. The molecular weight excluding hydrogens is 337 g/mol. The standard InChI is InChI=1S/C15H17F3N6O/c16-15(17,18)13-3-14(21-7-20-13)23-4-9-1-11(24-8-19-6-22-24)12(25)2-10(9)5-23/h3,6-12,25H,1-2,4-5H2/t9-,10+,11-,12-/m1/s1. The number of halogens is 3. The van der Waals surface area contributed by atoms with Crippen LogP contribution in [0.15, 0.2) is 25.0 Å². The van der Waals surface area contributed by atoms with Crippen molar-refractivity contribution in [2.45, 2.75) is 31.2 Å². The molecule has 1 saturated carbocycles. The van der Waals surface area contributed by atoms with Crippen LogP contribution in [0.25, 0.3) is 0 Å². The molecule has 1 saturated heterocycles. The van der Waals surface area contributed by atoms with Gasteiger partial charge in [-0.25, -0.2) is 19.6 Å². The minimum Gasteiger partial charge on any atom is -0.391 e. The van der Waals surface area contributed by atoms with Gasteiger partial charge in [-0.1, -0.05) is 0 Å². The lowest BCUT2D eigenvalue weighted by Crippen LogP contribution is -2.36. The minimum atomic E-state index is -4.49. The van der Waals surface area contributed by atoms with Crippen molar-refractivity contribution in [2.24, 2.45) is 11.8 Å². The molecule has 7 nitrogen and oxygen atoms in total. The first-order valence-electron chi connectivity index (χ1n) is 8.08. The van der Waals surface area contributed by atoms with Gasteiger partial charge in [0.25, 0.3) is 0 Å². The number of hydrogen-bond donors (Lipinski definition) is 1. The maximum atomic E-state index is 12.9. The Morgan fingerprint density at radius 2 is 1.84 bits per heavy atom. The lowest BCUT2D eigenvalue weighted by Gasteiger charge is -2.34. The molecule has 0 radical (unpaired) electrons. The molecule has 25 heavy (non-hydrogen) atoms. The van der Waals surface area contributed by atoms with E-state index in [-0.39, 0.29) is 23.7 Å². The van der Waals surface area contributed by atoms with Crippen molar-refractivity contribution in [3.8, 4) is 0 Å². The van der Waals surface area contributed by atoms with Crippen LogP contribution in [0, 0.1) is 11.8 Å². The molecule has 0 amide bonds. The molecule has 3 heterocycles. The number of rotatable bonds is 2. The fraction of sp³-hybridized carbons (Fsp3) is 0.600. The smallest absolute Gasteiger partial charge is 0.391 e. The van der Waals surface area contributed by atoms with Crippen LogP contribution in [-0.4, -0.2) is 49.0 Å². The minimum absolute atomic E-state index is 0.153. The topological polar surface area (TPSA) is 80.0 Å². The maximum absolute atomic E-state index is 12.9. The first-order valence-corrected chi connectivity index (χ1v) is 8.08. The Morgan fingerprint density at radius 3 is 2.52 bits per heavy atom. The Kier molecular flexibility index (Phi) is 3.86. The molecule has 2 aromatic heterocycles. The molecule has 1 N–H and O–H groups in total. The third kappa shape index (κ3) is 3.06. The van der Waals surface area contributed by atoms with Crippen molar-refractivity contribution < 1.29 is 18.3 Å². The van der Waals surface area contributed by atoms with Gasteiger partial charge in [-0.05, 0) is 24.7 Å². The summed E-state index contributed by atoms with van der Waals surface area (Å²) in [6.45, 7) is 1.19. The molecule has 2 aliphatic rings. The first kappa shape index (κ1) is 16.2. The number of aromatic nitrogens is 5. The van der Waals surface area contributed by atoms with Crippen LogP contribution in [0.3, 0.4) is 0 Å². The Hall–Kier alpha value is -2.23. The lowest BCUT2D eigenvalue weighted by atomic mass is 9.77. The summed E-state index contributed by atoms with van der Waals surface area (Å²) < 4.78 is 40.2. The highest BCUT2D eigenvalue weighted by Gasteiger charge is 2.43. The van der Waals surface area contributed by atoms with E-state index in [4.69, 9.17) is 0 Å². The summed E-state index contributed by atoms with van der Waals surface area (Å²) in [5.74, 6) is 0.768. The SMILES string of the molecule is O[C@@H]1C[C@H]2CN(c3cc(C(F)(F)F)ncn3)C[C@H]2C[C@H]1n1cncn1. The van der Waals surface area contributed by atoms with Crippen LogP contribution in [0.2, 0.25) is 0 Å². The summed E-state index contributed by atoms with van der Waals surface area (Å²) in [6, 6.07) is 0.836. The van der Waals surface area contributed by atoms with Crippen molar-refractivity contribution in [3.05, 3.63) is 30.7 Å². The molecule has 2 fully saturated rings. The molecule has 0 bridgehead atoms. The second-order valence-corrected chi connectivity index (χ2v) is 6.67. The summed E-state index contributed by atoms with van der Waals surface area (Å²) in [7, 11) is 0. The van der Waals surface area contributed by atoms with Gasteiger partial charge in [-0.15, -0.1) is 0 Å². The van der Waals surface area contributed by atoms with E-state index in [1.807, 2.05) is 4.90 Å². The van der Waals surface area contributed by atoms with E-state index in [9.17, 15) is 18.3 Å². The van der Waals surface area contributed by atoms with E-state index >= 15 is 0 Å². The molecule has 1 aliphatic carbocycles. The predicted octanol–water partition coefficient (Wildman–Crippen LogP) is 1.54. The number of fused-ring (bicyclic) bond motifs is 1. The summed E-state index contributed by atoms with van der Waals surface area (Å²) in [5, 5.41) is 14.5. The van der Waals surface area contributed by atoms with Crippen LogP contribution < -0.4 is 4.90 Å². The highest BCUT2D eigenvalue weighted by molar-refractivity contribution is 5.41. The summed E-state index contributed by atoms with van der Waals surface area (Å²) in [4.78, 5) is 13.1. The van der Waals surface area contributed by atoms with Gasteiger partial charge in [-0.3, -0.25) is 0 Å². The Labute approximate surface area is 141 Å². The molecule has 10 heteroatoms. The highest BCUT2D eigenvalue weighted by Crippen LogP contribution is 2.42. The van der Waals surface area contributed by atoms with Crippen LogP contribution in [0.4, 0.5) is 19.0 Å². The zero-order valence-corrected chi connectivity index (χ0v) is 13.2. The van der Waals surface area contributed by atoms with Gasteiger partial charge in [0.15, 0.2) is 0 Å². The van der Waals surface area contributed by atoms with Gasteiger partial charge in [0.05, 0.1) is 12.1 Å². The summed E-state index contributed by atoms with van der Waals surface area (Å²) in [6.07, 6.45) is 0.233. The highest BCUT2D eigenvalue weighted by atomic mass is 19.4. The number of aliphatic hydroxyl groups is 1. The molecule has 0 aromatic carbocycles. The van der Waals surface area contributed by atoms with E-state index < -0.39 is 18.0 Å². The van der Waals surface area contributed by atoms with E-state index in [1.165, 1.54) is 6.33 Å². The summed E-state index contributed by atoms with van der Waals surface area (Å²) >= 11 is 0. The fourth-order valence-corrected chi connectivity index (χ4v) is 3.94. The van der Waals surface area contributed by atoms with Crippen molar-refractivity contribution >= 4 is 5.82 Å². The van der Waals surface area contributed by atoms with Crippen molar-refractivity contribution in [2.75, 3.05) is 18.0 Å². The van der Waals surface area contributed by atoms with Crippen molar-refractivity contribution in [3.63, 3.8) is 0 Å². The number of anilines is 1.